The zero-order valence-electron chi connectivity index (χ0n) is 29.9. The summed E-state index contributed by atoms with van der Waals surface area (Å²) in [6.07, 6.45) is 0. The van der Waals surface area contributed by atoms with Crippen molar-refractivity contribution in [2.45, 2.75) is 0 Å². The number of para-hydroxylation sites is 5. The van der Waals surface area contributed by atoms with Gasteiger partial charge in [0.1, 0.15) is 0 Å². The Morgan fingerprint density at radius 3 is 1.71 bits per heavy atom. The summed E-state index contributed by atoms with van der Waals surface area (Å²) in [5, 5.41) is 7.60. The highest BCUT2D eigenvalue weighted by Crippen LogP contribution is 2.48. The molecule has 11 aromatic rings. The van der Waals surface area contributed by atoms with E-state index in [9.17, 15) is 0 Å². The average Bonchev–Trinajstić information content (AvgIpc) is 3.80. The van der Waals surface area contributed by atoms with Gasteiger partial charge >= 0.3 is 0 Å². The number of hydrogen-bond donors (Lipinski definition) is 0. The topological polar surface area (TPSA) is 8.17 Å². The van der Waals surface area contributed by atoms with E-state index in [1.165, 1.54) is 75.0 Å². The minimum atomic E-state index is 1.09. The highest BCUT2D eigenvalue weighted by Gasteiger charge is 2.23. The fourth-order valence-corrected chi connectivity index (χ4v) is 9.79. The van der Waals surface area contributed by atoms with Gasteiger partial charge in [-0.1, -0.05) is 158 Å². The monoisotopic (exact) mass is 718 g/mol. The molecule has 3 heteroatoms. The Morgan fingerprint density at radius 1 is 0.364 bits per heavy atom. The minimum absolute atomic E-state index is 1.09. The Bertz CT molecular complexity index is 3160. The van der Waals surface area contributed by atoms with Crippen molar-refractivity contribution in [2.75, 3.05) is 4.90 Å². The SMILES string of the molecule is c1ccc(N(c2ccc(-c3cccc4ccccc34)cc2)c2ccccc2-n2c3ccccc3c3ccccc32)c(-c2cccc3c2sc2ccccc23)c1. The van der Waals surface area contributed by atoms with Crippen LogP contribution in [0.2, 0.25) is 0 Å². The molecule has 0 saturated carbocycles. The van der Waals surface area contributed by atoms with Crippen LogP contribution in [0.3, 0.4) is 0 Å². The third kappa shape index (κ3) is 5.09. The Balaban J connectivity index is 1.17. The number of aromatic nitrogens is 1. The summed E-state index contributed by atoms with van der Waals surface area (Å²) >= 11 is 1.88. The molecule has 0 aliphatic carbocycles. The summed E-state index contributed by atoms with van der Waals surface area (Å²) < 4.78 is 5.05. The summed E-state index contributed by atoms with van der Waals surface area (Å²) in [7, 11) is 0. The van der Waals surface area contributed by atoms with Crippen LogP contribution >= 0.6 is 11.3 Å². The molecule has 2 aromatic heterocycles. The fourth-order valence-electron chi connectivity index (χ4n) is 8.56. The van der Waals surface area contributed by atoms with Crippen molar-refractivity contribution in [1.82, 2.24) is 4.57 Å². The van der Waals surface area contributed by atoms with Gasteiger partial charge in [-0.25, -0.2) is 0 Å². The maximum absolute atomic E-state index is 2.47. The molecule has 0 amide bonds. The second-order valence-electron chi connectivity index (χ2n) is 14.1. The number of benzene rings is 9. The zero-order chi connectivity index (χ0) is 36.3. The van der Waals surface area contributed by atoms with Crippen LogP contribution in [0, 0.1) is 0 Å². The first-order valence-electron chi connectivity index (χ1n) is 18.8. The Hall–Kier alpha value is -6.94. The van der Waals surface area contributed by atoms with E-state index in [2.05, 4.69) is 216 Å². The van der Waals surface area contributed by atoms with Crippen LogP contribution in [-0.2, 0) is 0 Å². The van der Waals surface area contributed by atoms with Crippen molar-refractivity contribution >= 4 is 81.1 Å². The standard InChI is InChI=1S/C52H34N2S/c1-2-17-38-35(15-1)16-13-22-39(38)36-31-33-37(34-32-36)53(46-25-7-5-20-42(46)44-23-14-24-45-43-21-6-12-30-51(43)55-52(44)45)49-28-10-11-29-50(49)54-47-26-8-3-18-40(47)41-19-4-9-27-48(41)54/h1-34H. The molecule has 0 radical (unpaired) electrons. The smallest absolute Gasteiger partial charge is 0.0702 e. The van der Waals surface area contributed by atoms with Crippen LogP contribution in [0.5, 0.6) is 0 Å². The first kappa shape index (κ1) is 31.6. The van der Waals surface area contributed by atoms with Crippen molar-refractivity contribution in [3.05, 3.63) is 206 Å². The van der Waals surface area contributed by atoms with Gasteiger partial charge in [-0.15, -0.1) is 11.3 Å². The molecule has 2 nitrogen and oxygen atoms in total. The number of fused-ring (bicyclic) bond motifs is 7. The van der Waals surface area contributed by atoms with Gasteiger partial charge in [0.2, 0.25) is 0 Å². The first-order chi connectivity index (χ1) is 27.3. The van der Waals surface area contributed by atoms with E-state index in [4.69, 9.17) is 0 Å². The van der Waals surface area contributed by atoms with E-state index in [0.717, 1.165) is 22.7 Å². The van der Waals surface area contributed by atoms with Crippen LogP contribution in [0.4, 0.5) is 17.1 Å². The van der Waals surface area contributed by atoms with E-state index >= 15 is 0 Å². The van der Waals surface area contributed by atoms with Gasteiger partial charge in [0, 0.05) is 47.8 Å². The molecule has 0 aliphatic heterocycles. The molecular weight excluding hydrogens is 685 g/mol. The molecule has 0 atom stereocenters. The maximum atomic E-state index is 2.47. The molecule has 2 heterocycles. The molecule has 0 fully saturated rings. The highest BCUT2D eigenvalue weighted by atomic mass is 32.1. The minimum Gasteiger partial charge on any atom is -0.308 e. The van der Waals surface area contributed by atoms with Crippen molar-refractivity contribution in [2.24, 2.45) is 0 Å². The number of thiophene rings is 1. The predicted molar refractivity (Wildman–Crippen MR) is 237 cm³/mol. The van der Waals surface area contributed by atoms with Crippen molar-refractivity contribution in [3.63, 3.8) is 0 Å². The van der Waals surface area contributed by atoms with Gasteiger partial charge in [-0.05, 0) is 70.4 Å². The number of rotatable bonds is 6. The molecule has 258 valence electrons. The lowest BCUT2D eigenvalue weighted by molar-refractivity contribution is 1.15. The largest absolute Gasteiger partial charge is 0.308 e. The van der Waals surface area contributed by atoms with E-state index in [1.807, 2.05) is 11.3 Å². The zero-order valence-corrected chi connectivity index (χ0v) is 30.7. The first-order valence-corrected chi connectivity index (χ1v) is 19.6. The summed E-state index contributed by atoms with van der Waals surface area (Å²) in [4.78, 5) is 2.47. The number of anilines is 3. The Labute approximate surface area is 323 Å². The molecule has 0 N–H and O–H groups in total. The van der Waals surface area contributed by atoms with Crippen LogP contribution in [-0.4, -0.2) is 4.57 Å². The molecule has 0 bridgehead atoms. The number of nitrogens with zero attached hydrogens (tertiary/aromatic N) is 2. The lowest BCUT2D eigenvalue weighted by Gasteiger charge is -2.30. The average molecular weight is 719 g/mol. The van der Waals surface area contributed by atoms with E-state index in [1.54, 1.807) is 0 Å². The van der Waals surface area contributed by atoms with Gasteiger partial charge in [0.15, 0.2) is 0 Å². The Morgan fingerprint density at radius 2 is 0.909 bits per heavy atom. The predicted octanol–water partition coefficient (Wildman–Crippen LogP) is 15.1. The molecule has 0 unspecified atom stereocenters. The van der Waals surface area contributed by atoms with Crippen LogP contribution in [0.15, 0.2) is 206 Å². The fraction of sp³-hybridized carbons (Fsp3) is 0. The molecule has 0 aliphatic rings. The van der Waals surface area contributed by atoms with Crippen LogP contribution in [0.25, 0.3) is 80.7 Å². The summed E-state index contributed by atoms with van der Waals surface area (Å²) in [5.74, 6) is 0. The molecular formula is C52H34N2S. The normalized spacial score (nSPS) is 11.6. The lowest BCUT2D eigenvalue weighted by atomic mass is 9.97. The molecule has 0 saturated heterocycles. The van der Waals surface area contributed by atoms with Crippen LogP contribution < -0.4 is 4.90 Å². The third-order valence-electron chi connectivity index (χ3n) is 11.0. The van der Waals surface area contributed by atoms with E-state index in [0.29, 0.717) is 0 Å². The van der Waals surface area contributed by atoms with Gasteiger partial charge in [-0.3, -0.25) is 0 Å². The highest BCUT2D eigenvalue weighted by molar-refractivity contribution is 7.26. The molecule has 0 spiro atoms. The molecule has 11 rings (SSSR count). The third-order valence-corrected chi connectivity index (χ3v) is 12.2. The van der Waals surface area contributed by atoms with Crippen molar-refractivity contribution < 1.29 is 0 Å². The second-order valence-corrected chi connectivity index (χ2v) is 15.1. The van der Waals surface area contributed by atoms with Gasteiger partial charge in [0.05, 0.1) is 28.1 Å². The summed E-state index contributed by atoms with van der Waals surface area (Å²) in [5.41, 5.74) is 11.7. The molecule has 55 heavy (non-hydrogen) atoms. The van der Waals surface area contributed by atoms with Gasteiger partial charge < -0.3 is 9.47 Å². The Kier molecular flexibility index (Phi) is 7.39. The van der Waals surface area contributed by atoms with E-state index in [-0.39, 0.29) is 0 Å². The maximum Gasteiger partial charge on any atom is 0.0702 e. The summed E-state index contributed by atoms with van der Waals surface area (Å²) in [6.45, 7) is 0. The molecule has 9 aromatic carbocycles. The second kappa shape index (κ2) is 12.9. The van der Waals surface area contributed by atoms with Crippen molar-refractivity contribution in [3.8, 4) is 27.9 Å². The summed E-state index contributed by atoms with van der Waals surface area (Å²) in [6, 6.07) is 75.2. The van der Waals surface area contributed by atoms with Gasteiger partial charge in [0.25, 0.3) is 0 Å². The quantitative estimate of drug-likeness (QED) is 0.166. The van der Waals surface area contributed by atoms with Crippen LogP contribution in [0.1, 0.15) is 0 Å². The number of hydrogen-bond acceptors (Lipinski definition) is 2. The van der Waals surface area contributed by atoms with E-state index < -0.39 is 0 Å². The van der Waals surface area contributed by atoms with Gasteiger partial charge in [-0.2, -0.15) is 0 Å². The van der Waals surface area contributed by atoms with Crippen molar-refractivity contribution in [1.29, 1.82) is 0 Å². The lowest BCUT2D eigenvalue weighted by Crippen LogP contribution is -2.14.